The van der Waals surface area contributed by atoms with E-state index in [2.05, 4.69) is 31.0 Å². The fourth-order valence-electron chi connectivity index (χ4n) is 3.49. The van der Waals surface area contributed by atoms with Crippen molar-refractivity contribution in [1.29, 1.82) is 0 Å². The summed E-state index contributed by atoms with van der Waals surface area (Å²) in [6, 6.07) is 6.05. The number of rotatable bonds is 8. The summed E-state index contributed by atoms with van der Waals surface area (Å²) < 4.78 is 12.3. The molecular weight excluding hydrogens is 346 g/mol. The van der Waals surface area contributed by atoms with E-state index in [0.29, 0.717) is 18.3 Å². The molecule has 0 aromatic carbocycles. The summed E-state index contributed by atoms with van der Waals surface area (Å²) in [6.45, 7) is 4.08. The summed E-state index contributed by atoms with van der Waals surface area (Å²) >= 11 is 0. The van der Waals surface area contributed by atoms with Crippen LogP contribution in [-0.4, -0.2) is 59.5 Å². The lowest BCUT2D eigenvalue weighted by Crippen LogP contribution is -2.32. The number of nitrogens with one attached hydrogen (secondary N) is 1. The molecule has 3 heterocycles. The number of pyridine rings is 1. The Balaban J connectivity index is 1.66. The van der Waals surface area contributed by atoms with Crippen molar-refractivity contribution in [2.24, 2.45) is 5.92 Å². The lowest BCUT2D eigenvalue weighted by atomic mass is 10.0. The fraction of sp³-hybridized carbons (Fsp3) is 0.526. The second-order valence-electron chi connectivity index (χ2n) is 6.78. The van der Waals surface area contributed by atoms with Gasteiger partial charge in [0.25, 0.3) is 0 Å². The molecule has 0 unspecified atom stereocenters. The number of hydrogen-bond acceptors (Lipinski definition) is 6. The summed E-state index contributed by atoms with van der Waals surface area (Å²) in [5, 5.41) is 7.37. The van der Waals surface area contributed by atoms with Gasteiger partial charge >= 0.3 is 0 Å². The molecule has 3 rings (SSSR count). The van der Waals surface area contributed by atoms with Gasteiger partial charge in [0.1, 0.15) is 6.61 Å². The van der Waals surface area contributed by atoms with E-state index >= 15 is 0 Å². The van der Waals surface area contributed by atoms with Gasteiger partial charge in [-0.15, -0.1) is 0 Å². The van der Waals surface area contributed by atoms with Crippen molar-refractivity contribution >= 4 is 5.91 Å². The van der Waals surface area contributed by atoms with Gasteiger partial charge in [-0.05, 0) is 24.5 Å². The predicted octanol–water partition coefficient (Wildman–Crippen LogP) is 1.07. The van der Waals surface area contributed by atoms with Crippen molar-refractivity contribution in [3.05, 3.63) is 41.9 Å². The summed E-state index contributed by atoms with van der Waals surface area (Å²) in [6.07, 6.45) is 4.47. The van der Waals surface area contributed by atoms with Crippen molar-refractivity contribution < 1.29 is 14.3 Å². The maximum atomic E-state index is 11.6. The van der Waals surface area contributed by atoms with Crippen LogP contribution < -0.4 is 10.1 Å². The van der Waals surface area contributed by atoms with Gasteiger partial charge in [0.15, 0.2) is 0 Å². The highest BCUT2D eigenvalue weighted by molar-refractivity contribution is 5.77. The van der Waals surface area contributed by atoms with Crippen molar-refractivity contribution in [2.75, 3.05) is 33.9 Å². The van der Waals surface area contributed by atoms with E-state index in [-0.39, 0.29) is 12.5 Å². The van der Waals surface area contributed by atoms with Crippen LogP contribution in [0.15, 0.2) is 30.6 Å². The van der Waals surface area contributed by atoms with Crippen LogP contribution in [-0.2, 0) is 29.2 Å². The number of aromatic nitrogens is 3. The Hall–Kier alpha value is -2.45. The first kappa shape index (κ1) is 19.3. The molecule has 0 bridgehead atoms. The van der Waals surface area contributed by atoms with Crippen LogP contribution in [0.4, 0.5) is 0 Å². The zero-order chi connectivity index (χ0) is 19.1. The van der Waals surface area contributed by atoms with Gasteiger partial charge in [-0.1, -0.05) is 6.07 Å². The molecule has 8 heteroatoms. The minimum atomic E-state index is -0.0807. The first-order valence-corrected chi connectivity index (χ1v) is 9.16. The van der Waals surface area contributed by atoms with Crippen LogP contribution in [0.5, 0.6) is 5.88 Å². The largest absolute Gasteiger partial charge is 0.481 e. The van der Waals surface area contributed by atoms with Gasteiger partial charge < -0.3 is 14.8 Å². The van der Waals surface area contributed by atoms with Crippen molar-refractivity contribution in [2.45, 2.75) is 26.1 Å². The molecule has 0 saturated heterocycles. The third-order valence-corrected chi connectivity index (χ3v) is 4.73. The number of ether oxygens (including phenoxy) is 2. The zero-order valence-electron chi connectivity index (χ0n) is 15.9. The minimum Gasteiger partial charge on any atom is -0.481 e. The molecule has 1 amide bonds. The molecule has 1 aliphatic heterocycles. The third-order valence-electron chi connectivity index (χ3n) is 4.73. The van der Waals surface area contributed by atoms with Crippen LogP contribution >= 0.6 is 0 Å². The molecule has 0 saturated carbocycles. The second-order valence-corrected chi connectivity index (χ2v) is 6.78. The molecule has 1 aliphatic rings. The SMILES string of the molecule is COCC(=O)NCC[C@@H]1CN(Cc2cccnc2OC)Cc2ccnn2C1. The minimum absolute atomic E-state index is 0.0807. The molecule has 146 valence electrons. The van der Waals surface area contributed by atoms with E-state index in [9.17, 15) is 4.79 Å². The van der Waals surface area contributed by atoms with E-state index in [1.165, 1.54) is 12.8 Å². The Labute approximate surface area is 159 Å². The lowest BCUT2D eigenvalue weighted by molar-refractivity contribution is -0.124. The number of fused-ring (bicyclic) bond motifs is 1. The Morgan fingerprint density at radius 2 is 2.19 bits per heavy atom. The molecule has 0 fully saturated rings. The average molecular weight is 373 g/mol. The van der Waals surface area contributed by atoms with E-state index in [4.69, 9.17) is 9.47 Å². The first-order valence-electron chi connectivity index (χ1n) is 9.16. The van der Waals surface area contributed by atoms with Gasteiger partial charge in [-0.3, -0.25) is 14.4 Å². The zero-order valence-corrected chi connectivity index (χ0v) is 15.9. The Morgan fingerprint density at radius 3 is 3.00 bits per heavy atom. The number of carbonyl (C=O) groups is 1. The maximum absolute atomic E-state index is 11.6. The summed E-state index contributed by atoms with van der Waals surface area (Å²) in [5.41, 5.74) is 2.27. The molecule has 0 radical (unpaired) electrons. The Morgan fingerprint density at radius 1 is 1.30 bits per heavy atom. The molecule has 0 aliphatic carbocycles. The number of nitrogens with zero attached hydrogens (tertiary/aromatic N) is 4. The van der Waals surface area contributed by atoms with Crippen LogP contribution in [0, 0.1) is 5.92 Å². The highest BCUT2D eigenvalue weighted by Crippen LogP contribution is 2.22. The number of hydrogen-bond donors (Lipinski definition) is 1. The smallest absolute Gasteiger partial charge is 0.245 e. The number of methoxy groups -OCH3 is 2. The highest BCUT2D eigenvalue weighted by atomic mass is 16.5. The van der Waals surface area contributed by atoms with Gasteiger partial charge in [-0.2, -0.15) is 5.10 Å². The summed E-state index contributed by atoms with van der Waals surface area (Å²) in [5.74, 6) is 0.971. The second kappa shape index (κ2) is 9.48. The van der Waals surface area contributed by atoms with Crippen molar-refractivity contribution in [1.82, 2.24) is 25.0 Å². The summed E-state index contributed by atoms with van der Waals surface area (Å²) in [4.78, 5) is 18.3. The molecule has 0 spiro atoms. The Bertz CT molecular complexity index is 748. The fourth-order valence-corrected chi connectivity index (χ4v) is 3.49. The van der Waals surface area contributed by atoms with E-state index in [0.717, 1.165) is 38.2 Å². The molecule has 8 nitrogen and oxygen atoms in total. The van der Waals surface area contributed by atoms with Gasteiger partial charge in [-0.25, -0.2) is 4.98 Å². The molecule has 2 aromatic heterocycles. The van der Waals surface area contributed by atoms with Crippen LogP contribution in [0.1, 0.15) is 17.7 Å². The number of amides is 1. The van der Waals surface area contributed by atoms with Gasteiger partial charge in [0.2, 0.25) is 11.8 Å². The monoisotopic (exact) mass is 373 g/mol. The topological polar surface area (TPSA) is 81.5 Å². The number of carbonyl (C=O) groups excluding carboxylic acids is 1. The van der Waals surface area contributed by atoms with Crippen LogP contribution in [0.3, 0.4) is 0 Å². The molecule has 1 atom stereocenters. The van der Waals surface area contributed by atoms with Gasteiger partial charge in [0, 0.05) is 57.8 Å². The molecule has 2 aromatic rings. The van der Waals surface area contributed by atoms with Gasteiger partial charge in [0.05, 0.1) is 12.8 Å². The average Bonchev–Trinajstić information content (AvgIpc) is 3.02. The molecule has 27 heavy (non-hydrogen) atoms. The van der Waals surface area contributed by atoms with E-state index in [1.54, 1.807) is 13.3 Å². The molecule has 1 N–H and O–H groups in total. The highest BCUT2D eigenvalue weighted by Gasteiger charge is 2.23. The van der Waals surface area contributed by atoms with Crippen LogP contribution in [0.2, 0.25) is 0 Å². The Kier molecular flexibility index (Phi) is 6.78. The molecular formula is C19H27N5O3. The third kappa shape index (κ3) is 5.27. The maximum Gasteiger partial charge on any atom is 0.245 e. The summed E-state index contributed by atoms with van der Waals surface area (Å²) in [7, 11) is 3.17. The first-order chi connectivity index (χ1) is 13.2. The van der Waals surface area contributed by atoms with Crippen LogP contribution in [0.25, 0.3) is 0 Å². The normalized spacial score (nSPS) is 17.2. The predicted molar refractivity (Wildman–Crippen MR) is 100 cm³/mol. The van der Waals surface area contributed by atoms with E-state index < -0.39 is 0 Å². The van der Waals surface area contributed by atoms with Crippen molar-refractivity contribution in [3.8, 4) is 5.88 Å². The van der Waals surface area contributed by atoms with E-state index in [1.807, 2.05) is 18.3 Å². The lowest BCUT2D eigenvalue weighted by Gasteiger charge is -2.24. The quantitative estimate of drug-likeness (QED) is 0.746. The standard InChI is InChI=1S/C19H27N5O3/c1-26-14-18(25)20-8-5-15-10-23(13-17-6-9-22-24(17)11-15)12-16-4-3-7-21-19(16)27-2/h3-4,6-7,9,15H,5,8,10-14H2,1-2H3,(H,20,25)/t15-/m1/s1. The van der Waals surface area contributed by atoms with Crippen molar-refractivity contribution in [3.63, 3.8) is 0 Å².